The van der Waals surface area contributed by atoms with E-state index in [0.717, 1.165) is 56.6 Å². The number of pyridine rings is 1. The van der Waals surface area contributed by atoms with Crippen LogP contribution in [0.15, 0.2) is 47.8 Å². The number of rotatable bonds is 6. The van der Waals surface area contributed by atoms with Crippen LogP contribution in [0.1, 0.15) is 53.2 Å². The first-order valence-corrected chi connectivity index (χ1v) is 11.6. The van der Waals surface area contributed by atoms with Gasteiger partial charge in [-0.15, -0.1) is 0 Å². The third-order valence-electron chi connectivity index (χ3n) is 5.92. The number of amides is 1. The summed E-state index contributed by atoms with van der Waals surface area (Å²) < 4.78 is 5.60. The number of carbonyl (C=O) groups excluding carboxylic acids is 1. The molecule has 1 aromatic carbocycles. The Morgan fingerprint density at radius 2 is 2.00 bits per heavy atom. The molecule has 0 saturated carbocycles. The highest BCUT2D eigenvalue weighted by Gasteiger charge is 2.26. The predicted molar refractivity (Wildman–Crippen MR) is 124 cm³/mol. The molecule has 0 radical (unpaired) electrons. The number of nitrogens with zero attached hydrogens (tertiary/aromatic N) is 3. The van der Waals surface area contributed by atoms with Gasteiger partial charge in [0.05, 0.1) is 5.56 Å². The molecule has 1 unspecified atom stereocenters. The lowest BCUT2D eigenvalue weighted by Crippen LogP contribution is -2.36. The van der Waals surface area contributed by atoms with E-state index in [0.29, 0.717) is 34.1 Å². The highest BCUT2D eigenvalue weighted by Crippen LogP contribution is 2.29. The summed E-state index contributed by atoms with van der Waals surface area (Å²) in [6.45, 7) is 5.62. The molecule has 3 heterocycles. The highest BCUT2D eigenvalue weighted by molar-refractivity contribution is 6.30. The number of aromatic nitrogens is 1. The number of benzene rings is 1. The molecule has 0 N–H and O–H groups in total. The molecule has 2 aliphatic rings. The van der Waals surface area contributed by atoms with Crippen LogP contribution in [0.2, 0.25) is 5.15 Å². The Morgan fingerprint density at radius 3 is 2.84 bits per heavy atom. The van der Waals surface area contributed by atoms with Crippen LogP contribution in [0, 0.1) is 6.92 Å². The normalized spacial score (nSPS) is 19.5. The Bertz CT molecular complexity index is 979. The molecule has 1 fully saturated rings. The molecule has 0 spiro atoms. The maximum absolute atomic E-state index is 13.0. The lowest BCUT2D eigenvalue weighted by Gasteiger charge is -2.32. The molecule has 4 rings (SSSR count). The quantitative estimate of drug-likeness (QED) is 0.321. The van der Waals surface area contributed by atoms with Crippen LogP contribution in [0.4, 0.5) is 0 Å². The SMILES string of the molecule is Cc1ccc2c(c1)C(=O)N(CCCCN1CCCC(c3cccc(Cl)n3)C1)C(Cl)=CO2. The average Bonchev–Trinajstić information content (AvgIpc) is 2.88. The summed E-state index contributed by atoms with van der Waals surface area (Å²) >= 11 is 12.4. The van der Waals surface area contributed by atoms with Crippen molar-refractivity contribution in [2.24, 2.45) is 0 Å². The van der Waals surface area contributed by atoms with Gasteiger partial charge in [-0.3, -0.25) is 9.69 Å². The minimum Gasteiger partial charge on any atom is -0.461 e. The standard InChI is InChI=1S/C24H27Cl2N3O2/c1-17-9-10-21-19(14-17)24(30)29(23(26)16-31-21)13-3-2-11-28-12-5-6-18(15-28)20-7-4-8-22(25)27-20/h4,7-10,14,16,18H,2-3,5-6,11-13,15H2,1H3. The van der Waals surface area contributed by atoms with Crippen molar-refractivity contribution < 1.29 is 9.53 Å². The number of hydrogen-bond donors (Lipinski definition) is 0. The smallest absolute Gasteiger partial charge is 0.262 e. The molecule has 7 heteroatoms. The van der Waals surface area contributed by atoms with Gasteiger partial charge in [0.1, 0.15) is 22.3 Å². The van der Waals surface area contributed by atoms with Crippen LogP contribution in [0.5, 0.6) is 5.75 Å². The molecule has 31 heavy (non-hydrogen) atoms. The summed E-state index contributed by atoms with van der Waals surface area (Å²) in [5, 5.41) is 0.881. The zero-order valence-electron chi connectivity index (χ0n) is 17.7. The Labute approximate surface area is 193 Å². The van der Waals surface area contributed by atoms with Gasteiger partial charge in [0.15, 0.2) is 0 Å². The highest BCUT2D eigenvalue weighted by atomic mass is 35.5. The second-order valence-corrected chi connectivity index (χ2v) is 9.02. The van der Waals surface area contributed by atoms with Crippen molar-refractivity contribution in [1.29, 1.82) is 0 Å². The van der Waals surface area contributed by atoms with Crippen molar-refractivity contribution in [3.63, 3.8) is 0 Å². The zero-order chi connectivity index (χ0) is 21.8. The van der Waals surface area contributed by atoms with Gasteiger partial charge in [0.2, 0.25) is 0 Å². The fraction of sp³-hybridized carbons (Fsp3) is 0.417. The first-order valence-electron chi connectivity index (χ1n) is 10.8. The number of fused-ring (bicyclic) bond motifs is 1. The van der Waals surface area contributed by atoms with E-state index in [2.05, 4.69) is 16.0 Å². The summed E-state index contributed by atoms with van der Waals surface area (Å²) in [6.07, 6.45) is 5.61. The average molecular weight is 460 g/mol. The van der Waals surface area contributed by atoms with Crippen molar-refractivity contribution in [1.82, 2.24) is 14.8 Å². The fourth-order valence-corrected chi connectivity index (χ4v) is 4.67. The first-order chi connectivity index (χ1) is 15.0. The summed E-state index contributed by atoms with van der Waals surface area (Å²) in [6, 6.07) is 11.5. The van der Waals surface area contributed by atoms with Crippen molar-refractivity contribution in [2.45, 2.75) is 38.5 Å². The molecule has 5 nitrogen and oxygen atoms in total. The van der Waals surface area contributed by atoms with Crippen molar-refractivity contribution in [2.75, 3.05) is 26.2 Å². The number of piperidine rings is 1. The van der Waals surface area contributed by atoms with Crippen LogP contribution in [-0.2, 0) is 0 Å². The third-order valence-corrected chi connectivity index (χ3v) is 6.42. The van der Waals surface area contributed by atoms with Gasteiger partial charge in [-0.05, 0) is 70.0 Å². The number of ether oxygens (including phenoxy) is 1. The summed E-state index contributed by atoms with van der Waals surface area (Å²) in [7, 11) is 0. The first kappa shape index (κ1) is 22.1. The van der Waals surface area contributed by atoms with E-state index in [1.807, 2.05) is 37.3 Å². The van der Waals surface area contributed by atoms with E-state index in [9.17, 15) is 4.79 Å². The van der Waals surface area contributed by atoms with Gasteiger partial charge >= 0.3 is 0 Å². The van der Waals surface area contributed by atoms with Gasteiger partial charge in [-0.1, -0.05) is 40.9 Å². The molecule has 164 valence electrons. The number of unbranched alkanes of at least 4 members (excludes halogenated alkanes) is 1. The van der Waals surface area contributed by atoms with Crippen molar-refractivity contribution in [3.05, 3.63) is 69.8 Å². The molecular weight excluding hydrogens is 433 g/mol. The third kappa shape index (κ3) is 5.40. The van der Waals surface area contributed by atoms with E-state index >= 15 is 0 Å². The zero-order valence-corrected chi connectivity index (χ0v) is 19.2. The number of halogens is 2. The monoisotopic (exact) mass is 459 g/mol. The fourth-order valence-electron chi connectivity index (χ4n) is 4.30. The van der Waals surface area contributed by atoms with Gasteiger partial charge in [-0.25, -0.2) is 4.98 Å². The van der Waals surface area contributed by atoms with Gasteiger partial charge in [-0.2, -0.15) is 0 Å². The van der Waals surface area contributed by atoms with Crippen LogP contribution < -0.4 is 4.74 Å². The van der Waals surface area contributed by atoms with E-state index in [-0.39, 0.29) is 5.91 Å². The maximum atomic E-state index is 13.0. The second kappa shape index (κ2) is 10.0. The van der Waals surface area contributed by atoms with Crippen LogP contribution in [0.25, 0.3) is 0 Å². The van der Waals surface area contributed by atoms with E-state index in [1.165, 1.54) is 6.26 Å². The van der Waals surface area contributed by atoms with Crippen molar-refractivity contribution in [3.8, 4) is 5.75 Å². The number of carbonyl (C=O) groups is 1. The van der Waals surface area contributed by atoms with Gasteiger partial charge in [0, 0.05) is 24.7 Å². The molecule has 2 aliphatic heterocycles. The van der Waals surface area contributed by atoms with Crippen LogP contribution >= 0.6 is 23.2 Å². The summed E-state index contributed by atoms with van der Waals surface area (Å²) in [5.74, 6) is 0.863. The number of aryl methyl sites for hydroxylation is 1. The van der Waals surface area contributed by atoms with Crippen LogP contribution in [0.3, 0.4) is 0 Å². The molecule has 0 aliphatic carbocycles. The number of hydrogen-bond acceptors (Lipinski definition) is 4. The molecule has 1 atom stereocenters. The largest absolute Gasteiger partial charge is 0.461 e. The summed E-state index contributed by atoms with van der Waals surface area (Å²) in [5.41, 5.74) is 2.65. The molecular formula is C24H27Cl2N3O2. The van der Waals surface area contributed by atoms with Crippen LogP contribution in [-0.4, -0.2) is 46.9 Å². The van der Waals surface area contributed by atoms with Gasteiger partial charge in [0.25, 0.3) is 5.91 Å². The Hall–Kier alpha value is -2.08. The molecule has 1 saturated heterocycles. The molecule has 2 aromatic rings. The Balaban J connectivity index is 1.30. The van der Waals surface area contributed by atoms with Gasteiger partial charge < -0.3 is 9.64 Å². The molecule has 0 bridgehead atoms. The lowest BCUT2D eigenvalue weighted by molar-refractivity contribution is 0.0814. The van der Waals surface area contributed by atoms with Crippen molar-refractivity contribution >= 4 is 29.1 Å². The van der Waals surface area contributed by atoms with E-state index in [1.54, 1.807) is 4.90 Å². The minimum absolute atomic E-state index is 0.109. The lowest BCUT2D eigenvalue weighted by atomic mass is 9.94. The maximum Gasteiger partial charge on any atom is 0.262 e. The van der Waals surface area contributed by atoms with E-state index in [4.69, 9.17) is 27.9 Å². The summed E-state index contributed by atoms with van der Waals surface area (Å²) in [4.78, 5) is 21.6. The molecule has 1 amide bonds. The van der Waals surface area contributed by atoms with E-state index < -0.39 is 0 Å². The Kier molecular flexibility index (Phi) is 7.16. The minimum atomic E-state index is -0.109. The molecule has 1 aromatic heterocycles. The Morgan fingerprint density at radius 1 is 1.16 bits per heavy atom. The topological polar surface area (TPSA) is 45.7 Å². The predicted octanol–water partition coefficient (Wildman–Crippen LogP) is 5.58. The number of likely N-dealkylation sites (tertiary alicyclic amines) is 1. The second-order valence-electron chi connectivity index (χ2n) is 8.25.